The number of hydrogen-bond donors (Lipinski definition) is 4. The van der Waals surface area contributed by atoms with E-state index in [1.165, 1.54) is 12.1 Å². The fourth-order valence-electron chi connectivity index (χ4n) is 4.11. The Morgan fingerprint density at radius 2 is 1.88 bits per heavy atom. The van der Waals surface area contributed by atoms with Crippen molar-refractivity contribution >= 4 is 29.3 Å². The van der Waals surface area contributed by atoms with Gasteiger partial charge in [-0.3, -0.25) is 19.4 Å². The van der Waals surface area contributed by atoms with E-state index in [-0.39, 0.29) is 35.5 Å². The zero-order chi connectivity index (χ0) is 22.9. The van der Waals surface area contributed by atoms with Crippen LogP contribution < -0.4 is 21.5 Å². The van der Waals surface area contributed by atoms with Crippen molar-refractivity contribution in [2.45, 2.75) is 56.7 Å². The lowest BCUT2D eigenvalue weighted by molar-refractivity contribution is -0.137. The van der Waals surface area contributed by atoms with Crippen LogP contribution in [0.5, 0.6) is 0 Å². The van der Waals surface area contributed by atoms with Gasteiger partial charge < -0.3 is 16.0 Å². The van der Waals surface area contributed by atoms with Gasteiger partial charge in [0.05, 0.1) is 17.0 Å². The third-order valence-electron chi connectivity index (χ3n) is 5.67. The summed E-state index contributed by atoms with van der Waals surface area (Å²) < 4.78 is 38.8. The maximum absolute atomic E-state index is 12.9. The Balaban J connectivity index is 1.59. The summed E-state index contributed by atoms with van der Waals surface area (Å²) in [7, 11) is 0. The second-order valence-corrected chi connectivity index (χ2v) is 8.03. The van der Waals surface area contributed by atoms with Crippen molar-refractivity contribution in [2.24, 2.45) is 0 Å². The largest absolute Gasteiger partial charge is 0.416 e. The molecule has 1 aliphatic carbocycles. The molecule has 1 aromatic heterocycles. The summed E-state index contributed by atoms with van der Waals surface area (Å²) in [6.07, 6.45) is 0.140. The molecule has 1 aromatic carbocycles. The number of anilines is 3. The molecule has 2 aromatic rings. The Labute approximate surface area is 181 Å². The first kappa shape index (κ1) is 21.8. The highest BCUT2D eigenvalue weighted by atomic mass is 19.4. The predicted octanol–water partition coefficient (Wildman–Crippen LogP) is 3.41. The second-order valence-electron chi connectivity index (χ2n) is 8.03. The SMILES string of the molecule is O=C1CC(C(=O)NC2CCCCC2)c2c(nc(Nc3cccc(C(F)(F)F)c3)[nH]c2=O)N1. The third kappa shape index (κ3) is 4.76. The number of alkyl halides is 3. The standard InChI is InChI=1S/C21H22F3N5O3/c22-21(23,24)11-5-4-8-13(9-11)26-20-28-17-16(19(32)29-20)14(10-15(30)27-17)18(31)25-12-6-2-1-3-7-12/h4-5,8-9,12,14H,1-3,6-7,10H2,(H,25,31)(H3,26,27,28,29,30,32). The number of hydrogen-bond acceptors (Lipinski definition) is 5. The number of aromatic amines is 1. The monoisotopic (exact) mass is 449 g/mol. The van der Waals surface area contributed by atoms with Crippen LogP contribution in [0.15, 0.2) is 29.1 Å². The molecule has 0 radical (unpaired) electrons. The van der Waals surface area contributed by atoms with Crippen molar-refractivity contribution in [3.63, 3.8) is 0 Å². The maximum atomic E-state index is 12.9. The Kier molecular flexibility index (Phi) is 5.90. The average molecular weight is 449 g/mol. The summed E-state index contributed by atoms with van der Waals surface area (Å²) in [4.78, 5) is 44.4. The first-order valence-electron chi connectivity index (χ1n) is 10.4. The van der Waals surface area contributed by atoms with E-state index in [0.717, 1.165) is 44.2 Å². The highest BCUT2D eigenvalue weighted by molar-refractivity contribution is 6.00. The van der Waals surface area contributed by atoms with Gasteiger partial charge in [-0.1, -0.05) is 25.3 Å². The smallest absolute Gasteiger partial charge is 0.353 e. The molecule has 1 unspecified atom stereocenters. The zero-order valence-electron chi connectivity index (χ0n) is 17.0. The van der Waals surface area contributed by atoms with Gasteiger partial charge in [-0.2, -0.15) is 18.2 Å². The van der Waals surface area contributed by atoms with Gasteiger partial charge in [-0.05, 0) is 31.0 Å². The molecule has 32 heavy (non-hydrogen) atoms. The number of fused-ring (bicyclic) bond motifs is 1. The zero-order valence-corrected chi connectivity index (χ0v) is 17.0. The quantitative estimate of drug-likeness (QED) is 0.571. The van der Waals surface area contributed by atoms with E-state index >= 15 is 0 Å². The summed E-state index contributed by atoms with van der Waals surface area (Å²) >= 11 is 0. The highest BCUT2D eigenvalue weighted by Gasteiger charge is 2.36. The van der Waals surface area contributed by atoms with Gasteiger partial charge in [-0.15, -0.1) is 0 Å². The molecule has 170 valence electrons. The summed E-state index contributed by atoms with van der Waals surface area (Å²) in [6, 6.07) is 4.41. The van der Waals surface area contributed by atoms with Gasteiger partial charge in [0.1, 0.15) is 5.82 Å². The number of H-pyrrole nitrogens is 1. The van der Waals surface area contributed by atoms with E-state index in [1.54, 1.807) is 0 Å². The molecule has 0 saturated heterocycles. The number of nitrogens with zero attached hydrogens (tertiary/aromatic N) is 1. The van der Waals surface area contributed by atoms with E-state index in [2.05, 4.69) is 25.9 Å². The molecule has 2 amide bonds. The van der Waals surface area contributed by atoms with Crippen LogP contribution in [-0.2, 0) is 15.8 Å². The molecule has 4 rings (SSSR count). The van der Waals surface area contributed by atoms with Crippen LogP contribution in [0.1, 0.15) is 55.6 Å². The Hall–Kier alpha value is -3.37. The van der Waals surface area contributed by atoms with Crippen molar-refractivity contribution in [2.75, 3.05) is 10.6 Å². The van der Waals surface area contributed by atoms with Gasteiger partial charge >= 0.3 is 6.18 Å². The van der Waals surface area contributed by atoms with Crippen LogP contribution in [0, 0.1) is 0 Å². The molecule has 11 heteroatoms. The van der Waals surface area contributed by atoms with Crippen molar-refractivity contribution in [1.82, 2.24) is 15.3 Å². The lowest BCUT2D eigenvalue weighted by atomic mass is 9.90. The normalized spacial score (nSPS) is 19.1. The van der Waals surface area contributed by atoms with Gasteiger partial charge in [0, 0.05) is 18.2 Å². The molecule has 4 N–H and O–H groups in total. The Bertz CT molecular complexity index is 1090. The van der Waals surface area contributed by atoms with E-state index in [9.17, 15) is 27.6 Å². The Morgan fingerprint density at radius 1 is 1.12 bits per heavy atom. The molecular weight excluding hydrogens is 427 g/mol. The van der Waals surface area contributed by atoms with Crippen LogP contribution in [0.3, 0.4) is 0 Å². The Morgan fingerprint density at radius 3 is 2.59 bits per heavy atom. The van der Waals surface area contributed by atoms with E-state index in [4.69, 9.17) is 0 Å². The van der Waals surface area contributed by atoms with Crippen LogP contribution >= 0.6 is 0 Å². The minimum atomic E-state index is -4.53. The van der Waals surface area contributed by atoms with Crippen LogP contribution in [0.4, 0.5) is 30.6 Å². The lowest BCUT2D eigenvalue weighted by Crippen LogP contribution is -2.43. The number of nitrogens with one attached hydrogen (secondary N) is 4. The van der Waals surface area contributed by atoms with E-state index in [0.29, 0.717) is 0 Å². The average Bonchev–Trinajstić information content (AvgIpc) is 2.73. The fourth-order valence-corrected chi connectivity index (χ4v) is 4.11. The van der Waals surface area contributed by atoms with Gasteiger partial charge in [0.15, 0.2) is 0 Å². The second kappa shape index (κ2) is 8.64. The molecule has 1 aliphatic heterocycles. The molecule has 8 nitrogen and oxygen atoms in total. The lowest BCUT2D eigenvalue weighted by Gasteiger charge is -2.28. The molecular formula is C21H22F3N5O3. The first-order valence-corrected chi connectivity index (χ1v) is 10.4. The van der Waals surface area contributed by atoms with Crippen molar-refractivity contribution in [3.05, 3.63) is 45.7 Å². The van der Waals surface area contributed by atoms with Crippen LogP contribution in [0.2, 0.25) is 0 Å². The number of aromatic nitrogens is 2. The first-order chi connectivity index (χ1) is 15.2. The molecule has 1 saturated carbocycles. The summed E-state index contributed by atoms with van der Waals surface area (Å²) in [5.74, 6) is -2.09. The third-order valence-corrected chi connectivity index (χ3v) is 5.67. The number of rotatable bonds is 4. The molecule has 2 heterocycles. The summed E-state index contributed by atoms with van der Waals surface area (Å²) in [5, 5.41) is 8.02. The summed E-state index contributed by atoms with van der Waals surface area (Å²) in [5.41, 5.74) is -1.42. The number of amides is 2. The number of carbonyl (C=O) groups excluding carboxylic acids is 2. The van der Waals surface area contributed by atoms with E-state index < -0.39 is 35.0 Å². The maximum Gasteiger partial charge on any atom is 0.416 e. The number of benzene rings is 1. The van der Waals surface area contributed by atoms with Gasteiger partial charge in [-0.25, -0.2) is 0 Å². The number of halogens is 3. The molecule has 0 spiro atoms. The molecule has 2 aliphatic rings. The van der Waals surface area contributed by atoms with Crippen LogP contribution in [-0.4, -0.2) is 27.8 Å². The van der Waals surface area contributed by atoms with Crippen molar-refractivity contribution in [1.29, 1.82) is 0 Å². The minimum absolute atomic E-state index is 0.0126. The molecule has 1 atom stereocenters. The molecule has 0 bridgehead atoms. The predicted molar refractivity (Wildman–Crippen MR) is 111 cm³/mol. The van der Waals surface area contributed by atoms with E-state index in [1.807, 2.05) is 0 Å². The number of carbonyl (C=O) groups is 2. The summed E-state index contributed by atoms with van der Waals surface area (Å²) in [6.45, 7) is 0. The van der Waals surface area contributed by atoms with Crippen LogP contribution in [0.25, 0.3) is 0 Å². The van der Waals surface area contributed by atoms with Crippen molar-refractivity contribution < 1.29 is 22.8 Å². The fraction of sp³-hybridized carbons (Fsp3) is 0.429. The van der Waals surface area contributed by atoms with Gasteiger partial charge in [0.25, 0.3) is 5.56 Å². The topological polar surface area (TPSA) is 116 Å². The highest BCUT2D eigenvalue weighted by Crippen LogP contribution is 2.32. The minimum Gasteiger partial charge on any atom is -0.353 e. The van der Waals surface area contributed by atoms with Gasteiger partial charge in [0.2, 0.25) is 17.8 Å². The molecule has 1 fully saturated rings. The van der Waals surface area contributed by atoms with Crippen molar-refractivity contribution in [3.8, 4) is 0 Å².